The zero-order chi connectivity index (χ0) is 23.6. The number of benzene rings is 3. The molecule has 0 aliphatic carbocycles. The van der Waals surface area contributed by atoms with E-state index >= 15 is 0 Å². The Morgan fingerprint density at radius 2 is 1.24 bits per heavy atom. The number of hydrogen-bond acceptors (Lipinski definition) is 5. The predicted octanol–water partition coefficient (Wildman–Crippen LogP) is 6.31. The van der Waals surface area contributed by atoms with Gasteiger partial charge in [-0.25, -0.2) is 0 Å². The van der Waals surface area contributed by atoms with E-state index in [1.165, 1.54) is 0 Å². The van der Waals surface area contributed by atoms with E-state index in [4.69, 9.17) is 22.8 Å². The first-order valence-corrected chi connectivity index (χ1v) is 14.0. The molecular formula is C28H34O5Si. The Bertz CT molecular complexity index is 864. The highest BCUT2D eigenvalue weighted by atomic mass is 28.4. The van der Waals surface area contributed by atoms with Crippen molar-refractivity contribution in [3.8, 4) is 17.2 Å². The Morgan fingerprint density at radius 3 is 1.59 bits per heavy atom. The van der Waals surface area contributed by atoms with Crippen LogP contribution in [0.25, 0.3) is 0 Å². The molecule has 0 spiro atoms. The molecule has 0 radical (unpaired) electrons. The van der Waals surface area contributed by atoms with E-state index in [2.05, 4.69) is 13.8 Å². The van der Waals surface area contributed by atoms with Crippen molar-refractivity contribution in [1.29, 1.82) is 0 Å². The second-order valence-electron chi connectivity index (χ2n) is 8.55. The fraction of sp³-hybridized carbons (Fsp3) is 0.357. The van der Waals surface area contributed by atoms with Crippen molar-refractivity contribution < 1.29 is 22.8 Å². The summed E-state index contributed by atoms with van der Waals surface area (Å²) in [5.41, 5.74) is -0.426. The molecular weight excluding hydrogens is 444 g/mol. The van der Waals surface area contributed by atoms with Crippen LogP contribution in [0.1, 0.15) is 33.1 Å². The Morgan fingerprint density at radius 1 is 0.794 bits per heavy atom. The van der Waals surface area contributed by atoms with Crippen molar-refractivity contribution in [3.63, 3.8) is 0 Å². The zero-order valence-corrected chi connectivity index (χ0v) is 21.0. The van der Waals surface area contributed by atoms with Gasteiger partial charge in [0.15, 0.2) is 5.73 Å². The van der Waals surface area contributed by atoms with Gasteiger partial charge in [0.2, 0.25) is 0 Å². The van der Waals surface area contributed by atoms with Crippen molar-refractivity contribution in [2.75, 3.05) is 13.2 Å². The third-order valence-electron chi connectivity index (χ3n) is 5.95. The molecule has 0 amide bonds. The normalized spacial score (nSPS) is 17.3. The molecule has 0 saturated carbocycles. The summed E-state index contributed by atoms with van der Waals surface area (Å²) in [4.78, 5) is 0. The lowest BCUT2D eigenvalue weighted by atomic mass is 9.99. The minimum Gasteiger partial charge on any atom is -0.482 e. The van der Waals surface area contributed by atoms with Crippen LogP contribution in [-0.4, -0.2) is 33.8 Å². The van der Waals surface area contributed by atoms with Gasteiger partial charge in [0.1, 0.15) is 17.2 Å². The maximum atomic E-state index is 6.76. The molecule has 6 heteroatoms. The minimum atomic E-state index is -3.61. The van der Waals surface area contributed by atoms with Crippen molar-refractivity contribution in [2.45, 2.75) is 44.9 Å². The highest BCUT2D eigenvalue weighted by molar-refractivity contribution is 6.64. The van der Waals surface area contributed by atoms with E-state index in [0.29, 0.717) is 23.9 Å². The van der Waals surface area contributed by atoms with Crippen LogP contribution in [0.15, 0.2) is 91.0 Å². The first kappa shape index (κ1) is 24.3. The van der Waals surface area contributed by atoms with E-state index in [0.717, 1.165) is 25.9 Å². The van der Waals surface area contributed by atoms with E-state index in [9.17, 15) is 0 Å². The van der Waals surface area contributed by atoms with Crippen LogP contribution in [0.4, 0.5) is 0 Å². The summed E-state index contributed by atoms with van der Waals surface area (Å²) in [5.74, 6) is 2.08. The zero-order valence-electron chi connectivity index (χ0n) is 20.0. The largest absolute Gasteiger partial charge is 0.730 e. The fourth-order valence-corrected chi connectivity index (χ4v) is 7.04. The monoisotopic (exact) mass is 478 g/mol. The van der Waals surface area contributed by atoms with Crippen LogP contribution >= 0.6 is 0 Å². The molecule has 3 aromatic rings. The summed E-state index contributed by atoms with van der Waals surface area (Å²) in [6.07, 6.45) is 3.05. The van der Waals surface area contributed by atoms with Crippen molar-refractivity contribution >= 4 is 8.80 Å². The molecule has 3 aromatic carbocycles. The van der Waals surface area contributed by atoms with Crippen LogP contribution in [0.5, 0.6) is 17.2 Å². The smallest absolute Gasteiger partial charge is 0.482 e. The summed E-state index contributed by atoms with van der Waals surface area (Å²) < 4.78 is 32.8. The maximum Gasteiger partial charge on any atom is 0.730 e. The topological polar surface area (TPSA) is 46.2 Å². The summed E-state index contributed by atoms with van der Waals surface area (Å²) in [7, 11) is -3.61. The van der Waals surface area contributed by atoms with E-state index in [-0.39, 0.29) is 12.0 Å². The molecule has 1 fully saturated rings. The van der Waals surface area contributed by atoms with Crippen molar-refractivity contribution in [2.24, 2.45) is 5.92 Å². The second kappa shape index (κ2) is 12.1. The van der Waals surface area contributed by atoms with Crippen LogP contribution in [0.3, 0.4) is 0 Å². The van der Waals surface area contributed by atoms with Gasteiger partial charge in [-0.3, -0.25) is 0 Å². The van der Waals surface area contributed by atoms with Gasteiger partial charge in [0.25, 0.3) is 0 Å². The lowest BCUT2D eigenvalue weighted by Crippen LogP contribution is -2.68. The molecule has 180 valence electrons. The summed E-state index contributed by atoms with van der Waals surface area (Å²) in [6, 6.07) is 29.2. The van der Waals surface area contributed by atoms with Gasteiger partial charge in [0.05, 0.1) is 6.10 Å². The van der Waals surface area contributed by atoms with Gasteiger partial charge in [-0.15, -0.1) is 0 Å². The van der Waals surface area contributed by atoms with Crippen LogP contribution < -0.4 is 13.3 Å². The molecule has 1 aliphatic heterocycles. The van der Waals surface area contributed by atoms with Gasteiger partial charge in [-0.05, 0) is 49.2 Å². The molecule has 1 heterocycles. The van der Waals surface area contributed by atoms with E-state index < -0.39 is 14.5 Å². The molecule has 5 nitrogen and oxygen atoms in total. The molecule has 0 bridgehead atoms. The Hall–Kier alpha value is -2.80. The summed E-state index contributed by atoms with van der Waals surface area (Å²) in [6.45, 7) is 5.67. The first-order valence-electron chi connectivity index (χ1n) is 12.2. The van der Waals surface area contributed by atoms with Gasteiger partial charge in [-0.1, -0.05) is 74.9 Å². The Kier molecular flexibility index (Phi) is 8.63. The van der Waals surface area contributed by atoms with E-state index in [1.807, 2.05) is 91.0 Å². The molecule has 0 N–H and O–H groups in total. The van der Waals surface area contributed by atoms with Crippen LogP contribution in [-0.2, 0) is 9.47 Å². The van der Waals surface area contributed by atoms with Crippen molar-refractivity contribution in [3.05, 3.63) is 91.0 Å². The van der Waals surface area contributed by atoms with Crippen LogP contribution in [0, 0.1) is 5.92 Å². The lowest BCUT2D eigenvalue weighted by Gasteiger charge is -2.42. The predicted molar refractivity (Wildman–Crippen MR) is 135 cm³/mol. The molecule has 3 unspecified atom stereocenters. The summed E-state index contributed by atoms with van der Waals surface area (Å²) in [5, 5.41) is 0. The minimum absolute atomic E-state index is 0.0217. The van der Waals surface area contributed by atoms with Gasteiger partial charge in [0, 0.05) is 19.1 Å². The van der Waals surface area contributed by atoms with Gasteiger partial charge in [-0.2, -0.15) is 0 Å². The highest BCUT2D eigenvalue weighted by Crippen LogP contribution is 2.34. The molecule has 1 saturated heterocycles. The standard InChI is InChI=1S/C28H34O5Si/c1-3-4-21-30-28(23(2)27-20-22-29-27)34(31-24-14-8-5-9-15-24,32-25-16-10-6-11-17-25)33-26-18-12-7-13-19-26/h5-19,23,27-28H,3-4,20-22H2,1-2H3. The third kappa shape index (κ3) is 6.20. The summed E-state index contributed by atoms with van der Waals surface area (Å²) >= 11 is 0. The van der Waals surface area contributed by atoms with Crippen LogP contribution in [0.2, 0.25) is 0 Å². The average Bonchev–Trinajstić information content (AvgIpc) is 2.82. The van der Waals surface area contributed by atoms with Gasteiger partial charge >= 0.3 is 8.80 Å². The molecule has 3 atom stereocenters. The fourth-order valence-electron chi connectivity index (χ4n) is 3.99. The molecule has 1 aliphatic rings. The number of rotatable bonds is 13. The molecule has 4 rings (SSSR count). The highest BCUT2D eigenvalue weighted by Gasteiger charge is 2.62. The Balaban J connectivity index is 1.79. The molecule has 34 heavy (non-hydrogen) atoms. The maximum absolute atomic E-state index is 6.76. The quantitative estimate of drug-likeness (QED) is 0.213. The third-order valence-corrected chi connectivity index (χ3v) is 8.90. The first-order chi connectivity index (χ1) is 16.7. The lowest BCUT2D eigenvalue weighted by molar-refractivity contribution is -0.114. The SMILES string of the molecule is CCCCOC(C(C)C1CCO1)[Si](Oc1ccccc1)(Oc1ccccc1)Oc1ccccc1. The number of hydrogen-bond donors (Lipinski definition) is 0. The molecule has 0 aromatic heterocycles. The van der Waals surface area contributed by atoms with E-state index in [1.54, 1.807) is 0 Å². The number of para-hydroxylation sites is 3. The number of unbranched alkanes of at least 4 members (excludes halogenated alkanes) is 1. The average molecular weight is 479 g/mol. The second-order valence-corrected chi connectivity index (χ2v) is 10.9. The van der Waals surface area contributed by atoms with Crippen molar-refractivity contribution in [1.82, 2.24) is 0 Å². The number of ether oxygens (including phenoxy) is 2. The van der Waals surface area contributed by atoms with Gasteiger partial charge < -0.3 is 22.8 Å². The Labute approximate surface area is 204 Å².